The zero-order valence-electron chi connectivity index (χ0n) is 18.3. The van der Waals surface area contributed by atoms with Crippen LogP contribution in [0.2, 0.25) is 0 Å². The van der Waals surface area contributed by atoms with Crippen LogP contribution in [0, 0.1) is 0 Å². The highest BCUT2D eigenvalue weighted by Gasteiger charge is 2.41. The van der Waals surface area contributed by atoms with Gasteiger partial charge in [0.25, 0.3) is 0 Å². The predicted octanol–water partition coefficient (Wildman–Crippen LogP) is 3.05. The van der Waals surface area contributed by atoms with E-state index in [1.165, 1.54) is 11.2 Å². The Labute approximate surface area is 186 Å². The molecule has 1 N–H and O–H groups in total. The molecular formula is C23H26N6O3. The standard InChI is InChI=1S/C23H26N6O3/c1-23(2,3)32-22(31)28-13-18(19(30)14-28)29(20-9-11-25-15-26-20)21-8-4-7-17(27-21)16-6-5-10-24-12-16/h4-12,15,18-19,30H,13-14H2,1-3H3. The zero-order chi connectivity index (χ0) is 22.7. The molecule has 1 aliphatic heterocycles. The molecule has 1 saturated heterocycles. The molecule has 4 rings (SSSR count). The molecule has 0 radical (unpaired) electrons. The second kappa shape index (κ2) is 8.88. The maximum Gasteiger partial charge on any atom is 0.410 e. The number of amides is 1. The van der Waals surface area contributed by atoms with E-state index < -0.39 is 23.8 Å². The smallest absolute Gasteiger partial charge is 0.410 e. The predicted molar refractivity (Wildman–Crippen MR) is 119 cm³/mol. The van der Waals surface area contributed by atoms with Crippen molar-refractivity contribution in [1.29, 1.82) is 0 Å². The number of aliphatic hydroxyl groups excluding tert-OH is 1. The maximum atomic E-state index is 12.6. The second-order valence-electron chi connectivity index (χ2n) is 8.58. The monoisotopic (exact) mass is 434 g/mol. The summed E-state index contributed by atoms with van der Waals surface area (Å²) in [5, 5.41) is 10.9. The van der Waals surface area contributed by atoms with Crippen molar-refractivity contribution >= 4 is 17.7 Å². The molecule has 166 valence electrons. The van der Waals surface area contributed by atoms with Crippen LogP contribution in [0.4, 0.5) is 16.4 Å². The fraction of sp³-hybridized carbons (Fsp3) is 0.348. The Kier molecular flexibility index (Phi) is 6.00. The summed E-state index contributed by atoms with van der Waals surface area (Å²) in [4.78, 5) is 33.3. The Morgan fingerprint density at radius 3 is 2.62 bits per heavy atom. The highest BCUT2D eigenvalue weighted by molar-refractivity contribution is 5.70. The molecule has 9 nitrogen and oxygen atoms in total. The lowest BCUT2D eigenvalue weighted by Crippen LogP contribution is -2.42. The summed E-state index contributed by atoms with van der Waals surface area (Å²) in [7, 11) is 0. The first-order valence-electron chi connectivity index (χ1n) is 10.4. The van der Waals surface area contributed by atoms with E-state index in [1.54, 1.807) is 24.7 Å². The van der Waals surface area contributed by atoms with Gasteiger partial charge in [0.05, 0.1) is 24.4 Å². The van der Waals surface area contributed by atoms with Gasteiger partial charge in [-0.25, -0.2) is 19.7 Å². The molecule has 3 aromatic rings. The Hall–Kier alpha value is -3.59. The minimum absolute atomic E-state index is 0.156. The lowest BCUT2D eigenvalue weighted by atomic mass is 10.1. The number of carbonyl (C=O) groups excluding carboxylic acids is 1. The summed E-state index contributed by atoms with van der Waals surface area (Å²) < 4.78 is 5.50. The van der Waals surface area contributed by atoms with Gasteiger partial charge in [-0.2, -0.15) is 0 Å². The number of rotatable bonds is 4. The molecule has 2 atom stereocenters. The van der Waals surface area contributed by atoms with E-state index in [1.807, 2.05) is 56.0 Å². The van der Waals surface area contributed by atoms with Crippen LogP contribution in [-0.2, 0) is 4.74 Å². The van der Waals surface area contributed by atoms with Gasteiger partial charge in [-0.05, 0) is 51.1 Å². The minimum Gasteiger partial charge on any atom is -0.444 e. The Morgan fingerprint density at radius 1 is 1.09 bits per heavy atom. The van der Waals surface area contributed by atoms with Crippen LogP contribution < -0.4 is 4.90 Å². The summed E-state index contributed by atoms with van der Waals surface area (Å²) in [5.74, 6) is 1.17. The highest BCUT2D eigenvalue weighted by atomic mass is 16.6. The number of pyridine rings is 2. The van der Waals surface area contributed by atoms with Crippen molar-refractivity contribution in [3.8, 4) is 11.3 Å². The van der Waals surface area contributed by atoms with E-state index in [0.717, 1.165) is 11.3 Å². The zero-order valence-corrected chi connectivity index (χ0v) is 18.3. The number of likely N-dealkylation sites (tertiary alicyclic amines) is 1. The van der Waals surface area contributed by atoms with Crippen LogP contribution in [0.15, 0.2) is 61.3 Å². The topological polar surface area (TPSA) is 105 Å². The second-order valence-corrected chi connectivity index (χ2v) is 8.58. The van der Waals surface area contributed by atoms with Gasteiger partial charge in [0.2, 0.25) is 0 Å². The summed E-state index contributed by atoms with van der Waals surface area (Å²) in [6, 6.07) is 10.7. The molecule has 32 heavy (non-hydrogen) atoms. The molecule has 9 heteroatoms. The SMILES string of the molecule is CC(C)(C)OC(=O)N1CC(O)C(N(c2ccncn2)c2cccc(-c3cccnc3)n2)C1. The molecule has 0 bridgehead atoms. The molecule has 2 unspecified atom stereocenters. The Balaban J connectivity index is 1.68. The van der Waals surface area contributed by atoms with Crippen molar-refractivity contribution < 1.29 is 14.6 Å². The number of nitrogens with zero attached hydrogens (tertiary/aromatic N) is 6. The van der Waals surface area contributed by atoms with Crippen molar-refractivity contribution in [1.82, 2.24) is 24.8 Å². The van der Waals surface area contributed by atoms with E-state index >= 15 is 0 Å². The third-order valence-corrected chi connectivity index (χ3v) is 4.99. The third kappa shape index (κ3) is 4.83. The van der Waals surface area contributed by atoms with Crippen molar-refractivity contribution in [2.75, 3.05) is 18.0 Å². The van der Waals surface area contributed by atoms with Crippen LogP contribution in [0.25, 0.3) is 11.3 Å². The number of anilines is 2. The van der Waals surface area contributed by atoms with Crippen LogP contribution in [0.3, 0.4) is 0 Å². The molecule has 1 amide bonds. The largest absolute Gasteiger partial charge is 0.444 e. The fourth-order valence-electron chi connectivity index (χ4n) is 3.61. The van der Waals surface area contributed by atoms with Crippen LogP contribution in [-0.4, -0.2) is 66.9 Å². The van der Waals surface area contributed by atoms with Gasteiger partial charge < -0.3 is 19.6 Å². The van der Waals surface area contributed by atoms with Gasteiger partial charge in [0.15, 0.2) is 0 Å². The van der Waals surface area contributed by atoms with E-state index in [0.29, 0.717) is 11.6 Å². The van der Waals surface area contributed by atoms with Gasteiger partial charge >= 0.3 is 6.09 Å². The van der Waals surface area contributed by atoms with E-state index in [4.69, 9.17) is 9.72 Å². The third-order valence-electron chi connectivity index (χ3n) is 4.99. The average molecular weight is 435 g/mol. The van der Waals surface area contributed by atoms with Crippen molar-refractivity contribution in [2.45, 2.75) is 38.5 Å². The van der Waals surface area contributed by atoms with Crippen LogP contribution in [0.5, 0.6) is 0 Å². The normalized spacial score (nSPS) is 18.4. The van der Waals surface area contributed by atoms with Crippen molar-refractivity contribution in [3.63, 3.8) is 0 Å². The average Bonchev–Trinajstić information content (AvgIpc) is 3.16. The number of aromatic nitrogens is 4. The van der Waals surface area contributed by atoms with E-state index in [9.17, 15) is 9.90 Å². The van der Waals surface area contributed by atoms with Crippen molar-refractivity contribution in [3.05, 3.63) is 61.3 Å². The Bertz CT molecular complexity index is 1060. The van der Waals surface area contributed by atoms with Crippen molar-refractivity contribution in [2.24, 2.45) is 0 Å². The fourth-order valence-corrected chi connectivity index (χ4v) is 3.61. The van der Waals surface area contributed by atoms with E-state index in [2.05, 4.69) is 15.0 Å². The molecule has 0 aromatic carbocycles. The summed E-state index contributed by atoms with van der Waals surface area (Å²) >= 11 is 0. The molecule has 4 heterocycles. The molecule has 0 aliphatic carbocycles. The minimum atomic E-state index is -0.818. The lowest BCUT2D eigenvalue weighted by Gasteiger charge is -2.31. The molecule has 1 fully saturated rings. The number of carbonyl (C=O) groups is 1. The lowest BCUT2D eigenvalue weighted by molar-refractivity contribution is 0.0270. The maximum absolute atomic E-state index is 12.6. The first-order valence-corrected chi connectivity index (χ1v) is 10.4. The first kappa shape index (κ1) is 21.6. The Morgan fingerprint density at radius 2 is 1.94 bits per heavy atom. The molecule has 1 aliphatic rings. The van der Waals surface area contributed by atoms with Crippen LogP contribution in [0.1, 0.15) is 20.8 Å². The summed E-state index contributed by atoms with van der Waals surface area (Å²) in [6.07, 6.45) is 5.25. The molecular weight excluding hydrogens is 408 g/mol. The van der Waals surface area contributed by atoms with Gasteiger partial charge in [-0.15, -0.1) is 0 Å². The number of β-amino-alcohol motifs (C(OH)–C–C–N with tert-alkyl or cyclic N) is 1. The number of hydrogen-bond donors (Lipinski definition) is 1. The van der Waals surface area contributed by atoms with Gasteiger partial charge in [0, 0.05) is 30.7 Å². The van der Waals surface area contributed by atoms with E-state index in [-0.39, 0.29) is 13.1 Å². The molecule has 3 aromatic heterocycles. The number of ether oxygens (including phenoxy) is 1. The highest BCUT2D eigenvalue weighted by Crippen LogP contribution is 2.31. The molecule has 0 saturated carbocycles. The van der Waals surface area contributed by atoms with Gasteiger partial charge in [-0.1, -0.05) is 6.07 Å². The quantitative estimate of drug-likeness (QED) is 0.668. The summed E-state index contributed by atoms with van der Waals surface area (Å²) in [5.41, 5.74) is 0.997. The first-order chi connectivity index (χ1) is 15.3. The molecule has 0 spiro atoms. The number of aliphatic hydroxyl groups is 1. The number of hydrogen-bond acceptors (Lipinski definition) is 8. The van der Waals surface area contributed by atoms with Gasteiger partial charge in [0.1, 0.15) is 23.6 Å². The van der Waals surface area contributed by atoms with Gasteiger partial charge in [-0.3, -0.25) is 4.98 Å². The van der Waals surface area contributed by atoms with Crippen LogP contribution >= 0.6 is 0 Å². The summed E-state index contributed by atoms with van der Waals surface area (Å²) in [6.45, 7) is 5.87.